The molecule has 3 heteroatoms. The molecule has 0 spiro atoms. The summed E-state index contributed by atoms with van der Waals surface area (Å²) >= 11 is 0. The number of ketones is 1. The minimum atomic E-state index is -0.368. The van der Waals surface area contributed by atoms with Gasteiger partial charge in [0.25, 0.3) is 0 Å². The van der Waals surface area contributed by atoms with Crippen LogP contribution < -0.4 is 0 Å². The molecule has 0 radical (unpaired) electrons. The lowest BCUT2D eigenvalue weighted by molar-refractivity contribution is -0.131. The van der Waals surface area contributed by atoms with Crippen LogP contribution in [0.1, 0.15) is 75.4 Å². The van der Waals surface area contributed by atoms with Gasteiger partial charge in [-0.2, -0.15) is 0 Å². The summed E-state index contributed by atoms with van der Waals surface area (Å²) < 4.78 is 5.29. The molecule has 25 heavy (non-hydrogen) atoms. The van der Waals surface area contributed by atoms with Gasteiger partial charge < -0.3 is 4.74 Å². The number of Topliss-reactive ketones (excluding diaryl/α,β-unsaturated/α-hetero) is 1. The van der Waals surface area contributed by atoms with Crippen molar-refractivity contribution in [3.63, 3.8) is 0 Å². The van der Waals surface area contributed by atoms with Crippen molar-refractivity contribution in [2.24, 2.45) is 11.3 Å². The topological polar surface area (TPSA) is 43.4 Å². The van der Waals surface area contributed by atoms with E-state index in [-0.39, 0.29) is 28.5 Å². The second-order valence-electron chi connectivity index (χ2n) is 7.92. The molecule has 0 saturated heterocycles. The highest BCUT2D eigenvalue weighted by Crippen LogP contribution is 2.54. The van der Waals surface area contributed by atoms with Crippen molar-refractivity contribution in [2.45, 2.75) is 59.3 Å². The fraction of sp³-hybridized carbons (Fsp3) is 0.545. The summed E-state index contributed by atoms with van der Waals surface area (Å²) in [5.74, 6) is -0.137. The maximum absolute atomic E-state index is 12.5. The van der Waals surface area contributed by atoms with Gasteiger partial charge in [0.1, 0.15) is 5.78 Å². The van der Waals surface area contributed by atoms with Gasteiger partial charge in [-0.15, -0.1) is 0 Å². The Labute approximate surface area is 151 Å². The lowest BCUT2D eigenvalue weighted by Crippen LogP contribution is -2.51. The molecule has 1 aromatic rings. The maximum Gasteiger partial charge on any atom is 0.338 e. The molecular weight excluding hydrogens is 312 g/mol. The number of carbonyl (C=O) groups is 2. The Kier molecular flexibility index (Phi) is 5.55. The van der Waals surface area contributed by atoms with Crippen LogP contribution in [-0.4, -0.2) is 18.4 Å². The van der Waals surface area contributed by atoms with Gasteiger partial charge in [0.05, 0.1) is 12.2 Å². The van der Waals surface area contributed by atoms with E-state index in [0.717, 1.165) is 24.0 Å². The molecule has 0 aliphatic heterocycles. The number of hydrogen-bond donors (Lipinski definition) is 0. The maximum atomic E-state index is 12.5. The third-order valence-corrected chi connectivity index (χ3v) is 6.26. The molecule has 0 bridgehead atoms. The number of benzene rings is 1. The second-order valence-corrected chi connectivity index (χ2v) is 7.92. The molecule has 1 aliphatic carbocycles. The van der Waals surface area contributed by atoms with E-state index in [1.807, 2.05) is 32.1 Å². The van der Waals surface area contributed by atoms with Crippen LogP contribution in [-0.2, 0) is 14.9 Å². The van der Waals surface area contributed by atoms with Crippen LogP contribution in [0.25, 0.3) is 6.08 Å². The van der Waals surface area contributed by atoms with E-state index in [2.05, 4.69) is 27.4 Å². The van der Waals surface area contributed by atoms with Crippen molar-refractivity contribution in [3.8, 4) is 0 Å². The highest BCUT2D eigenvalue weighted by Gasteiger charge is 2.52. The number of carbonyl (C=O) groups excluding carboxylic acids is 2. The van der Waals surface area contributed by atoms with Crippen molar-refractivity contribution in [1.82, 2.24) is 0 Å². The number of esters is 1. The summed E-state index contributed by atoms with van der Waals surface area (Å²) in [5, 5.41) is 0. The zero-order chi connectivity index (χ0) is 18.8. The van der Waals surface area contributed by atoms with E-state index in [0.29, 0.717) is 18.6 Å². The van der Waals surface area contributed by atoms with Gasteiger partial charge in [0.2, 0.25) is 0 Å². The van der Waals surface area contributed by atoms with Crippen LogP contribution in [0.4, 0.5) is 0 Å². The summed E-state index contributed by atoms with van der Waals surface area (Å²) in [6.07, 6.45) is 4.06. The van der Waals surface area contributed by atoms with E-state index in [1.165, 1.54) is 0 Å². The highest BCUT2D eigenvalue weighted by molar-refractivity contribution is 5.90. The van der Waals surface area contributed by atoms with E-state index in [4.69, 9.17) is 4.74 Å². The Morgan fingerprint density at radius 1 is 1.36 bits per heavy atom. The first-order chi connectivity index (χ1) is 11.7. The molecule has 0 amide bonds. The summed E-state index contributed by atoms with van der Waals surface area (Å²) in [6.45, 7) is 14.9. The summed E-state index contributed by atoms with van der Waals surface area (Å²) in [7, 11) is 0. The van der Waals surface area contributed by atoms with Crippen LogP contribution in [0.3, 0.4) is 0 Å². The minimum absolute atomic E-state index is 0.0654. The van der Waals surface area contributed by atoms with E-state index in [1.54, 1.807) is 6.07 Å². The van der Waals surface area contributed by atoms with Gasteiger partial charge in [-0.1, -0.05) is 53.3 Å². The van der Waals surface area contributed by atoms with Gasteiger partial charge >= 0.3 is 5.97 Å². The normalized spacial score (nSPS) is 25.5. The van der Waals surface area contributed by atoms with Crippen molar-refractivity contribution in [1.29, 1.82) is 0 Å². The van der Waals surface area contributed by atoms with Crippen molar-refractivity contribution < 1.29 is 14.3 Å². The molecule has 136 valence electrons. The predicted molar refractivity (Wildman–Crippen MR) is 102 cm³/mol. The first-order valence-electron chi connectivity index (χ1n) is 9.15. The van der Waals surface area contributed by atoms with Crippen LogP contribution in [0.15, 0.2) is 24.8 Å². The molecular formula is C22H30O3. The Morgan fingerprint density at radius 3 is 2.64 bits per heavy atom. The smallest absolute Gasteiger partial charge is 0.338 e. The van der Waals surface area contributed by atoms with Crippen LogP contribution >= 0.6 is 0 Å². The lowest BCUT2D eigenvalue weighted by Gasteiger charge is -2.52. The molecule has 1 aliphatic rings. The first-order valence-corrected chi connectivity index (χ1v) is 9.15. The van der Waals surface area contributed by atoms with Crippen molar-refractivity contribution in [3.05, 3.63) is 41.5 Å². The molecule has 0 heterocycles. The molecule has 1 fully saturated rings. The molecule has 2 unspecified atom stereocenters. The predicted octanol–water partition coefficient (Wildman–Crippen LogP) is 5.18. The number of hydrogen-bond acceptors (Lipinski definition) is 3. The molecule has 1 saturated carbocycles. The van der Waals surface area contributed by atoms with E-state index in [9.17, 15) is 9.59 Å². The Hall–Kier alpha value is -1.90. The quantitative estimate of drug-likeness (QED) is 0.693. The van der Waals surface area contributed by atoms with Gasteiger partial charge in [-0.3, -0.25) is 4.79 Å². The van der Waals surface area contributed by atoms with Crippen LogP contribution in [0, 0.1) is 11.3 Å². The monoisotopic (exact) mass is 342 g/mol. The molecule has 2 atom stereocenters. The molecule has 1 aromatic carbocycles. The Bertz CT molecular complexity index is 687. The van der Waals surface area contributed by atoms with Crippen molar-refractivity contribution in [2.75, 3.05) is 6.61 Å². The fourth-order valence-electron chi connectivity index (χ4n) is 4.01. The standard InChI is InChI=1S/C22H30O3/c1-7-13-25-20(24)17-10-9-16(8-2)18(14-17)22(6)15(3)19(23)11-12-21(22,4)5/h8-10,14-15H,2,7,11-13H2,1,3-6H3. The van der Waals surface area contributed by atoms with Gasteiger partial charge in [0.15, 0.2) is 0 Å². The molecule has 0 N–H and O–H groups in total. The number of rotatable bonds is 5. The lowest BCUT2D eigenvalue weighted by atomic mass is 9.50. The van der Waals surface area contributed by atoms with Crippen LogP contribution in [0.5, 0.6) is 0 Å². The molecule has 0 aromatic heterocycles. The van der Waals surface area contributed by atoms with Gasteiger partial charge in [0, 0.05) is 17.8 Å². The van der Waals surface area contributed by atoms with Crippen LogP contribution in [0.2, 0.25) is 0 Å². The zero-order valence-corrected chi connectivity index (χ0v) is 16.1. The minimum Gasteiger partial charge on any atom is -0.462 e. The van der Waals surface area contributed by atoms with E-state index >= 15 is 0 Å². The average molecular weight is 342 g/mol. The fourth-order valence-corrected chi connectivity index (χ4v) is 4.01. The second kappa shape index (κ2) is 7.15. The highest BCUT2D eigenvalue weighted by atomic mass is 16.5. The summed E-state index contributed by atoms with van der Waals surface area (Å²) in [6, 6.07) is 5.61. The van der Waals surface area contributed by atoms with Gasteiger partial charge in [-0.25, -0.2) is 4.79 Å². The molecule has 3 nitrogen and oxygen atoms in total. The molecule has 2 rings (SSSR count). The number of ether oxygens (including phenoxy) is 1. The average Bonchev–Trinajstić information content (AvgIpc) is 2.60. The van der Waals surface area contributed by atoms with E-state index < -0.39 is 0 Å². The van der Waals surface area contributed by atoms with Crippen molar-refractivity contribution >= 4 is 17.8 Å². The third-order valence-electron chi connectivity index (χ3n) is 6.26. The largest absolute Gasteiger partial charge is 0.462 e. The van der Waals surface area contributed by atoms with Gasteiger partial charge in [-0.05, 0) is 41.5 Å². The summed E-state index contributed by atoms with van der Waals surface area (Å²) in [4.78, 5) is 24.8. The zero-order valence-electron chi connectivity index (χ0n) is 16.1. The summed E-state index contributed by atoms with van der Waals surface area (Å²) in [5.41, 5.74) is 2.09. The Balaban J connectivity index is 2.60. The third kappa shape index (κ3) is 3.29. The Morgan fingerprint density at radius 2 is 2.04 bits per heavy atom. The first kappa shape index (κ1) is 19.4. The SMILES string of the molecule is C=Cc1ccc(C(=O)OCCC)cc1C1(C)C(C)C(=O)CCC1(C)C.